The first-order valence-corrected chi connectivity index (χ1v) is 6.42. The van der Waals surface area contributed by atoms with Gasteiger partial charge in [-0.1, -0.05) is 13.8 Å². The van der Waals surface area contributed by atoms with Gasteiger partial charge in [0.15, 0.2) is 11.8 Å². The molecule has 1 aromatic heterocycles. The molecule has 1 rings (SSSR count). The molecule has 0 saturated carbocycles. The predicted molar refractivity (Wildman–Crippen MR) is 88.7 cm³/mol. The van der Waals surface area contributed by atoms with Crippen LogP contribution >= 0.6 is 24.0 Å². The monoisotopic (exact) mass is 380 g/mol. The lowest BCUT2D eigenvalue weighted by molar-refractivity contribution is 0.480. The van der Waals surface area contributed by atoms with E-state index in [0.717, 1.165) is 18.3 Å². The normalized spacial score (nSPS) is 13.1. The molecule has 0 radical (unpaired) electrons. The standard InChI is InChI=1S/C12H24N6.HI/c1-6-18-8-15-17-11(18)7-14-12(13-5)16-10(4)9(2)3;/h8-10H,6-7H2,1-5H3,(H2,13,14,16);1H. The van der Waals surface area contributed by atoms with E-state index in [0.29, 0.717) is 18.5 Å². The molecule has 0 aliphatic carbocycles. The first-order valence-electron chi connectivity index (χ1n) is 6.42. The highest BCUT2D eigenvalue weighted by atomic mass is 127. The molecule has 19 heavy (non-hydrogen) atoms. The van der Waals surface area contributed by atoms with Gasteiger partial charge < -0.3 is 15.2 Å². The lowest BCUT2D eigenvalue weighted by Gasteiger charge is -2.20. The molecule has 0 amide bonds. The molecule has 7 heteroatoms. The molecule has 110 valence electrons. The van der Waals surface area contributed by atoms with Crippen LogP contribution in [-0.2, 0) is 13.1 Å². The fraction of sp³-hybridized carbons (Fsp3) is 0.750. The lowest BCUT2D eigenvalue weighted by Crippen LogP contribution is -2.44. The summed E-state index contributed by atoms with van der Waals surface area (Å²) in [6.45, 7) is 10.1. The third-order valence-electron chi connectivity index (χ3n) is 3.04. The summed E-state index contributed by atoms with van der Waals surface area (Å²) in [4.78, 5) is 4.20. The highest BCUT2D eigenvalue weighted by molar-refractivity contribution is 14.0. The molecule has 1 heterocycles. The van der Waals surface area contributed by atoms with Crippen LogP contribution in [0.3, 0.4) is 0 Å². The van der Waals surface area contributed by atoms with Gasteiger partial charge in [0.25, 0.3) is 0 Å². The van der Waals surface area contributed by atoms with Gasteiger partial charge in [-0.25, -0.2) is 0 Å². The maximum absolute atomic E-state index is 4.20. The van der Waals surface area contributed by atoms with Crippen molar-refractivity contribution < 1.29 is 0 Å². The van der Waals surface area contributed by atoms with Crippen molar-refractivity contribution in [3.8, 4) is 0 Å². The molecule has 0 bridgehead atoms. The molecule has 0 aliphatic rings. The van der Waals surface area contributed by atoms with Gasteiger partial charge in [-0.15, -0.1) is 34.2 Å². The molecule has 1 aromatic rings. The Labute approximate surface area is 132 Å². The van der Waals surface area contributed by atoms with Crippen molar-refractivity contribution in [1.82, 2.24) is 25.4 Å². The van der Waals surface area contributed by atoms with Crippen LogP contribution in [0.5, 0.6) is 0 Å². The van der Waals surface area contributed by atoms with Crippen molar-refractivity contribution in [2.45, 2.75) is 46.8 Å². The minimum Gasteiger partial charge on any atom is -0.354 e. The van der Waals surface area contributed by atoms with E-state index in [2.05, 4.69) is 53.5 Å². The Morgan fingerprint density at radius 2 is 2.11 bits per heavy atom. The Morgan fingerprint density at radius 3 is 2.63 bits per heavy atom. The van der Waals surface area contributed by atoms with Gasteiger partial charge in [0, 0.05) is 19.6 Å². The molecule has 0 aromatic carbocycles. The molecule has 0 spiro atoms. The number of hydrogen-bond donors (Lipinski definition) is 2. The van der Waals surface area contributed by atoms with Gasteiger partial charge >= 0.3 is 0 Å². The third kappa shape index (κ3) is 5.75. The number of nitrogens with zero attached hydrogens (tertiary/aromatic N) is 4. The Kier molecular flexibility index (Phi) is 8.70. The summed E-state index contributed by atoms with van der Waals surface area (Å²) in [5.41, 5.74) is 0. The second-order valence-electron chi connectivity index (χ2n) is 4.64. The first-order chi connectivity index (χ1) is 8.58. The maximum atomic E-state index is 4.20. The van der Waals surface area contributed by atoms with Crippen LogP contribution in [0.1, 0.15) is 33.5 Å². The van der Waals surface area contributed by atoms with Crippen LogP contribution in [0, 0.1) is 5.92 Å². The Bertz CT molecular complexity index is 387. The van der Waals surface area contributed by atoms with Crippen LogP contribution in [-0.4, -0.2) is 33.8 Å². The minimum atomic E-state index is 0. The smallest absolute Gasteiger partial charge is 0.191 e. The minimum absolute atomic E-state index is 0. The van der Waals surface area contributed by atoms with Crippen LogP contribution in [0.2, 0.25) is 0 Å². The summed E-state index contributed by atoms with van der Waals surface area (Å²) < 4.78 is 2.01. The van der Waals surface area contributed by atoms with Gasteiger partial charge in [0.05, 0.1) is 6.54 Å². The molecule has 2 N–H and O–H groups in total. The third-order valence-corrected chi connectivity index (χ3v) is 3.04. The summed E-state index contributed by atoms with van der Waals surface area (Å²) in [5.74, 6) is 2.27. The summed E-state index contributed by atoms with van der Waals surface area (Å²) in [6, 6.07) is 0.375. The molecule has 6 nitrogen and oxygen atoms in total. The number of halogens is 1. The predicted octanol–water partition coefficient (Wildman–Crippen LogP) is 1.63. The van der Waals surface area contributed by atoms with Gasteiger partial charge in [0.1, 0.15) is 6.33 Å². The van der Waals surface area contributed by atoms with Crippen molar-refractivity contribution in [1.29, 1.82) is 0 Å². The SMILES string of the molecule is CCn1cnnc1CNC(=NC)NC(C)C(C)C.I. The second kappa shape index (κ2) is 9.11. The summed E-state index contributed by atoms with van der Waals surface area (Å²) in [5, 5.41) is 14.6. The topological polar surface area (TPSA) is 67.1 Å². The number of aliphatic imine (C=N–C) groups is 1. The van der Waals surface area contributed by atoms with E-state index >= 15 is 0 Å². The van der Waals surface area contributed by atoms with E-state index in [4.69, 9.17) is 0 Å². The maximum Gasteiger partial charge on any atom is 0.191 e. The van der Waals surface area contributed by atoms with E-state index in [-0.39, 0.29) is 24.0 Å². The van der Waals surface area contributed by atoms with Crippen LogP contribution in [0.25, 0.3) is 0 Å². The van der Waals surface area contributed by atoms with Gasteiger partial charge in [0.2, 0.25) is 0 Å². The lowest BCUT2D eigenvalue weighted by atomic mass is 10.1. The van der Waals surface area contributed by atoms with Crippen molar-refractivity contribution >= 4 is 29.9 Å². The number of rotatable bonds is 5. The number of nitrogens with one attached hydrogen (secondary N) is 2. The molecule has 1 atom stereocenters. The molecule has 1 unspecified atom stereocenters. The zero-order valence-electron chi connectivity index (χ0n) is 12.3. The molecule has 0 fully saturated rings. The molecular formula is C12H25IN6. The number of guanidine groups is 1. The summed E-state index contributed by atoms with van der Waals surface area (Å²) >= 11 is 0. The Balaban J connectivity index is 0.00000324. The van der Waals surface area contributed by atoms with E-state index in [1.807, 2.05) is 4.57 Å². The molecular weight excluding hydrogens is 355 g/mol. The average molecular weight is 380 g/mol. The molecule has 0 aliphatic heterocycles. The van der Waals surface area contributed by atoms with Crippen LogP contribution in [0.15, 0.2) is 11.3 Å². The first kappa shape index (κ1) is 18.1. The highest BCUT2D eigenvalue weighted by Gasteiger charge is 2.09. The zero-order valence-corrected chi connectivity index (χ0v) is 14.7. The molecule has 0 saturated heterocycles. The van der Waals surface area contributed by atoms with E-state index in [1.54, 1.807) is 13.4 Å². The van der Waals surface area contributed by atoms with E-state index < -0.39 is 0 Å². The Hall–Kier alpha value is -0.860. The van der Waals surface area contributed by atoms with Crippen molar-refractivity contribution in [3.05, 3.63) is 12.2 Å². The van der Waals surface area contributed by atoms with Gasteiger partial charge in [-0.05, 0) is 19.8 Å². The van der Waals surface area contributed by atoms with Crippen molar-refractivity contribution in [2.75, 3.05) is 7.05 Å². The zero-order chi connectivity index (χ0) is 13.5. The second-order valence-corrected chi connectivity index (χ2v) is 4.64. The highest BCUT2D eigenvalue weighted by Crippen LogP contribution is 1.99. The number of hydrogen-bond acceptors (Lipinski definition) is 3. The largest absolute Gasteiger partial charge is 0.354 e. The van der Waals surface area contributed by atoms with Gasteiger partial charge in [-0.3, -0.25) is 4.99 Å². The van der Waals surface area contributed by atoms with E-state index in [1.165, 1.54) is 0 Å². The number of aryl methyl sites for hydroxylation is 1. The van der Waals surface area contributed by atoms with Crippen LogP contribution in [0.4, 0.5) is 0 Å². The Morgan fingerprint density at radius 1 is 1.42 bits per heavy atom. The average Bonchev–Trinajstić information content (AvgIpc) is 2.81. The van der Waals surface area contributed by atoms with Crippen LogP contribution < -0.4 is 10.6 Å². The van der Waals surface area contributed by atoms with E-state index in [9.17, 15) is 0 Å². The quantitative estimate of drug-likeness (QED) is 0.463. The summed E-state index contributed by atoms with van der Waals surface area (Å²) in [7, 11) is 1.77. The fourth-order valence-corrected chi connectivity index (χ4v) is 1.42. The fourth-order valence-electron chi connectivity index (χ4n) is 1.42. The van der Waals surface area contributed by atoms with Gasteiger partial charge in [-0.2, -0.15) is 0 Å². The number of aromatic nitrogens is 3. The van der Waals surface area contributed by atoms with Crippen molar-refractivity contribution in [2.24, 2.45) is 10.9 Å². The summed E-state index contributed by atoms with van der Waals surface area (Å²) in [6.07, 6.45) is 1.74. The van der Waals surface area contributed by atoms with Crippen molar-refractivity contribution in [3.63, 3.8) is 0 Å².